The maximum atomic E-state index is 12.0. The van der Waals surface area contributed by atoms with E-state index >= 15 is 0 Å². The van der Waals surface area contributed by atoms with E-state index in [4.69, 9.17) is 5.73 Å². The summed E-state index contributed by atoms with van der Waals surface area (Å²) in [7, 11) is 0. The average Bonchev–Trinajstić information content (AvgIpc) is 2.31. The van der Waals surface area contributed by atoms with Gasteiger partial charge in [-0.2, -0.15) is 0 Å². The van der Waals surface area contributed by atoms with Crippen LogP contribution in [-0.4, -0.2) is 17.9 Å². The second-order valence-electron chi connectivity index (χ2n) is 6.46. The number of anilines is 2. The van der Waals surface area contributed by atoms with E-state index in [0.29, 0.717) is 11.4 Å². The Morgan fingerprint density at radius 1 is 1.24 bits per heavy atom. The van der Waals surface area contributed by atoms with E-state index < -0.39 is 5.41 Å². The normalized spacial score (nSPS) is 12.7. The van der Waals surface area contributed by atoms with Crippen molar-refractivity contribution in [3.63, 3.8) is 0 Å². The molecule has 5 heteroatoms. The molecule has 116 valence electrons. The van der Waals surface area contributed by atoms with Gasteiger partial charge in [-0.15, -0.1) is 0 Å². The maximum absolute atomic E-state index is 12.0. The molecule has 0 aromatic heterocycles. The summed E-state index contributed by atoms with van der Waals surface area (Å²) in [5, 5.41) is 5.67. The molecule has 1 atom stereocenters. The van der Waals surface area contributed by atoms with Crippen LogP contribution in [0.3, 0.4) is 0 Å². The number of carbonyl (C=O) groups excluding carboxylic acids is 2. The molecule has 1 unspecified atom stereocenters. The standard InChI is InChI=1S/C16H25N3O2/c1-10-6-7-12(18-15(21)16(3,4)5)9-13(10)19-14(20)8-11(2)17/h6-7,9,11H,8,17H2,1-5H3,(H,18,21)(H,19,20). The first kappa shape index (κ1) is 17.2. The lowest BCUT2D eigenvalue weighted by atomic mass is 9.95. The quantitative estimate of drug-likeness (QED) is 0.797. The van der Waals surface area contributed by atoms with Crippen LogP contribution in [0.25, 0.3) is 0 Å². The molecule has 0 aliphatic rings. The molecule has 0 heterocycles. The van der Waals surface area contributed by atoms with Gasteiger partial charge in [-0.05, 0) is 31.5 Å². The molecule has 21 heavy (non-hydrogen) atoms. The summed E-state index contributed by atoms with van der Waals surface area (Å²) in [6.45, 7) is 9.23. The first-order valence-electron chi connectivity index (χ1n) is 7.07. The van der Waals surface area contributed by atoms with Crippen LogP contribution in [0, 0.1) is 12.3 Å². The fourth-order valence-electron chi connectivity index (χ4n) is 1.65. The van der Waals surface area contributed by atoms with E-state index in [9.17, 15) is 9.59 Å². The van der Waals surface area contributed by atoms with E-state index in [1.54, 1.807) is 13.0 Å². The minimum Gasteiger partial charge on any atom is -0.327 e. The average molecular weight is 291 g/mol. The first-order valence-corrected chi connectivity index (χ1v) is 7.07. The highest BCUT2D eigenvalue weighted by Gasteiger charge is 2.21. The number of benzene rings is 1. The van der Waals surface area contributed by atoms with Gasteiger partial charge < -0.3 is 16.4 Å². The lowest BCUT2D eigenvalue weighted by molar-refractivity contribution is -0.123. The third kappa shape index (κ3) is 5.55. The second-order valence-corrected chi connectivity index (χ2v) is 6.46. The van der Waals surface area contributed by atoms with Gasteiger partial charge in [0.2, 0.25) is 11.8 Å². The van der Waals surface area contributed by atoms with E-state index in [1.807, 2.05) is 39.8 Å². The van der Waals surface area contributed by atoms with Gasteiger partial charge in [0, 0.05) is 29.3 Å². The van der Waals surface area contributed by atoms with E-state index in [2.05, 4.69) is 10.6 Å². The Bertz CT molecular complexity index is 531. The Kier molecular flexibility index (Phi) is 5.49. The van der Waals surface area contributed by atoms with E-state index in [0.717, 1.165) is 5.56 Å². The largest absolute Gasteiger partial charge is 0.327 e. The van der Waals surface area contributed by atoms with E-state index in [-0.39, 0.29) is 24.3 Å². The van der Waals surface area contributed by atoms with Gasteiger partial charge in [0.1, 0.15) is 0 Å². The van der Waals surface area contributed by atoms with Crippen molar-refractivity contribution in [2.75, 3.05) is 10.6 Å². The Labute approximate surface area is 126 Å². The van der Waals surface area contributed by atoms with Gasteiger partial charge in [0.25, 0.3) is 0 Å². The van der Waals surface area contributed by atoms with Gasteiger partial charge >= 0.3 is 0 Å². The van der Waals surface area contributed by atoms with Crippen LogP contribution in [0.1, 0.15) is 39.7 Å². The molecule has 0 fully saturated rings. The van der Waals surface area contributed by atoms with Crippen molar-refractivity contribution in [1.82, 2.24) is 0 Å². The van der Waals surface area contributed by atoms with Gasteiger partial charge in [-0.3, -0.25) is 9.59 Å². The minimum absolute atomic E-state index is 0.0702. The number of carbonyl (C=O) groups is 2. The monoisotopic (exact) mass is 291 g/mol. The molecular weight excluding hydrogens is 266 g/mol. The third-order valence-electron chi connectivity index (χ3n) is 2.96. The highest BCUT2D eigenvalue weighted by atomic mass is 16.2. The molecule has 2 amide bonds. The van der Waals surface area contributed by atoms with Crippen LogP contribution >= 0.6 is 0 Å². The summed E-state index contributed by atoms with van der Waals surface area (Å²) in [5.74, 6) is -0.202. The van der Waals surface area contributed by atoms with Crippen LogP contribution in [0.5, 0.6) is 0 Å². The lowest BCUT2D eigenvalue weighted by Crippen LogP contribution is -2.27. The Morgan fingerprint density at radius 2 is 1.86 bits per heavy atom. The van der Waals surface area contributed by atoms with Crippen molar-refractivity contribution in [2.45, 2.75) is 47.1 Å². The molecule has 5 nitrogen and oxygen atoms in total. The molecule has 1 aromatic carbocycles. The van der Waals surface area contributed by atoms with Crippen LogP contribution in [0.4, 0.5) is 11.4 Å². The number of nitrogens with two attached hydrogens (primary N) is 1. The summed E-state index contributed by atoms with van der Waals surface area (Å²) in [6, 6.07) is 5.26. The third-order valence-corrected chi connectivity index (χ3v) is 2.96. The van der Waals surface area contributed by atoms with Crippen LogP contribution < -0.4 is 16.4 Å². The number of hydrogen-bond donors (Lipinski definition) is 3. The SMILES string of the molecule is Cc1ccc(NC(=O)C(C)(C)C)cc1NC(=O)CC(C)N. The van der Waals surface area contributed by atoms with Crippen molar-refractivity contribution in [3.8, 4) is 0 Å². The molecule has 0 aliphatic heterocycles. The summed E-state index contributed by atoms with van der Waals surface area (Å²) < 4.78 is 0. The second kappa shape index (κ2) is 6.72. The molecule has 0 saturated carbocycles. The van der Waals surface area contributed by atoms with Crippen molar-refractivity contribution >= 4 is 23.2 Å². The zero-order chi connectivity index (χ0) is 16.2. The number of amides is 2. The number of rotatable bonds is 4. The predicted molar refractivity (Wildman–Crippen MR) is 86.2 cm³/mol. The molecule has 1 aromatic rings. The zero-order valence-electron chi connectivity index (χ0n) is 13.4. The highest BCUT2D eigenvalue weighted by Crippen LogP contribution is 2.23. The Morgan fingerprint density at radius 3 is 2.38 bits per heavy atom. The van der Waals surface area contributed by atoms with Gasteiger partial charge in [0.05, 0.1) is 0 Å². The van der Waals surface area contributed by atoms with Crippen LogP contribution in [0.15, 0.2) is 18.2 Å². The lowest BCUT2D eigenvalue weighted by Gasteiger charge is -2.18. The number of aryl methyl sites for hydroxylation is 1. The Balaban J connectivity index is 2.85. The maximum Gasteiger partial charge on any atom is 0.229 e. The van der Waals surface area contributed by atoms with Gasteiger partial charge in [-0.1, -0.05) is 26.8 Å². The molecule has 0 bridgehead atoms. The molecule has 4 N–H and O–H groups in total. The van der Waals surface area contributed by atoms with Gasteiger partial charge in [0.15, 0.2) is 0 Å². The van der Waals surface area contributed by atoms with Crippen molar-refractivity contribution < 1.29 is 9.59 Å². The smallest absolute Gasteiger partial charge is 0.229 e. The van der Waals surface area contributed by atoms with Gasteiger partial charge in [-0.25, -0.2) is 0 Å². The fourth-order valence-corrected chi connectivity index (χ4v) is 1.65. The fraction of sp³-hybridized carbons (Fsp3) is 0.500. The zero-order valence-corrected chi connectivity index (χ0v) is 13.4. The topological polar surface area (TPSA) is 84.2 Å². The molecular formula is C16H25N3O2. The van der Waals surface area contributed by atoms with Crippen LogP contribution in [0.2, 0.25) is 0 Å². The molecule has 0 saturated heterocycles. The predicted octanol–water partition coefficient (Wildman–Crippen LogP) is 2.66. The van der Waals surface area contributed by atoms with Crippen molar-refractivity contribution in [2.24, 2.45) is 11.1 Å². The Hall–Kier alpha value is -1.88. The summed E-state index contributed by atoms with van der Waals surface area (Å²) in [6.07, 6.45) is 0.262. The molecule has 1 rings (SSSR count). The first-order chi connectivity index (χ1) is 9.59. The van der Waals surface area contributed by atoms with Crippen LogP contribution in [-0.2, 0) is 9.59 Å². The van der Waals surface area contributed by atoms with Crippen molar-refractivity contribution in [3.05, 3.63) is 23.8 Å². The van der Waals surface area contributed by atoms with Crippen molar-refractivity contribution in [1.29, 1.82) is 0 Å². The number of hydrogen-bond acceptors (Lipinski definition) is 3. The van der Waals surface area contributed by atoms with E-state index in [1.165, 1.54) is 0 Å². The summed E-state index contributed by atoms with van der Waals surface area (Å²) >= 11 is 0. The highest BCUT2D eigenvalue weighted by molar-refractivity contribution is 5.96. The summed E-state index contributed by atoms with van der Waals surface area (Å²) in [5.41, 5.74) is 7.42. The number of nitrogens with one attached hydrogen (secondary N) is 2. The molecule has 0 spiro atoms. The summed E-state index contributed by atoms with van der Waals surface area (Å²) in [4.78, 5) is 23.8. The molecule has 0 aliphatic carbocycles. The molecule has 0 radical (unpaired) electrons. The minimum atomic E-state index is -0.469.